The summed E-state index contributed by atoms with van der Waals surface area (Å²) < 4.78 is 2.02. The van der Waals surface area contributed by atoms with E-state index < -0.39 is 6.10 Å². The maximum Gasteiger partial charge on any atom is 0.274 e. The van der Waals surface area contributed by atoms with Gasteiger partial charge in [0.25, 0.3) is 5.91 Å². The number of fused-ring (bicyclic) bond motifs is 1. The van der Waals surface area contributed by atoms with Crippen LogP contribution >= 0.6 is 0 Å². The first kappa shape index (κ1) is 21.5. The summed E-state index contributed by atoms with van der Waals surface area (Å²) in [4.78, 5) is 22.2. The number of likely N-dealkylation sites (N-methyl/N-ethyl adjacent to an activating group) is 1. The minimum absolute atomic E-state index is 0.0234. The number of benzene rings is 1. The van der Waals surface area contributed by atoms with E-state index >= 15 is 0 Å². The van der Waals surface area contributed by atoms with Crippen molar-refractivity contribution in [1.29, 1.82) is 0 Å². The molecule has 1 aromatic carbocycles. The first-order valence-corrected chi connectivity index (χ1v) is 11.2. The normalized spacial score (nSPS) is 15.9. The third kappa shape index (κ3) is 4.97. The van der Waals surface area contributed by atoms with Gasteiger partial charge in [-0.15, -0.1) is 0 Å². The number of pyridine rings is 1. The van der Waals surface area contributed by atoms with Crippen molar-refractivity contribution in [2.24, 2.45) is 0 Å². The molecule has 0 unspecified atom stereocenters. The fourth-order valence-electron chi connectivity index (χ4n) is 4.34. The smallest absolute Gasteiger partial charge is 0.274 e. The molecule has 3 heterocycles. The Bertz CT molecular complexity index is 1020. The van der Waals surface area contributed by atoms with Gasteiger partial charge >= 0.3 is 0 Å². The first-order valence-electron chi connectivity index (χ1n) is 11.2. The number of rotatable bonds is 6. The lowest BCUT2D eigenvalue weighted by molar-refractivity contribution is 0.0753. The van der Waals surface area contributed by atoms with Gasteiger partial charge in [-0.2, -0.15) is 0 Å². The van der Waals surface area contributed by atoms with Crippen molar-refractivity contribution in [2.45, 2.75) is 45.3 Å². The summed E-state index contributed by atoms with van der Waals surface area (Å²) in [7, 11) is 1.97. The number of hydrogen-bond donors (Lipinski definition) is 1. The molecule has 164 valence electrons. The summed E-state index contributed by atoms with van der Waals surface area (Å²) in [6, 6.07) is 13.7. The number of carbonyl (C=O) groups excluding carboxylic acids is 1. The molecular formula is C25H32N4O2. The zero-order valence-electron chi connectivity index (χ0n) is 18.5. The summed E-state index contributed by atoms with van der Waals surface area (Å²) >= 11 is 0. The second kappa shape index (κ2) is 9.62. The molecule has 0 spiro atoms. The Kier molecular flexibility index (Phi) is 6.68. The number of amides is 1. The van der Waals surface area contributed by atoms with Crippen molar-refractivity contribution in [3.8, 4) is 0 Å². The standard InChI is InChI=1S/C25H32N4O2/c1-19-12-15-29-21(17-27(2)18-22(30)20-10-6-5-7-11-20)24(26-23(29)16-19)25(31)28-13-8-3-4-9-14-28/h5-7,10-12,15-16,22,30H,3-4,8-9,13-14,17-18H2,1-2H3/t22-/m0/s1. The minimum Gasteiger partial charge on any atom is -0.387 e. The average Bonchev–Trinajstić information content (AvgIpc) is 2.93. The predicted molar refractivity (Wildman–Crippen MR) is 122 cm³/mol. The quantitative estimate of drug-likeness (QED) is 0.659. The minimum atomic E-state index is -0.586. The average molecular weight is 421 g/mol. The molecule has 6 nitrogen and oxygen atoms in total. The molecule has 3 aromatic rings. The maximum atomic E-state index is 13.4. The van der Waals surface area contributed by atoms with Gasteiger partial charge in [0.15, 0.2) is 5.69 Å². The topological polar surface area (TPSA) is 61.1 Å². The fourth-order valence-corrected chi connectivity index (χ4v) is 4.34. The van der Waals surface area contributed by atoms with Crippen molar-refractivity contribution in [3.05, 3.63) is 71.2 Å². The molecule has 1 aliphatic heterocycles. The Morgan fingerprint density at radius 1 is 1.13 bits per heavy atom. The summed E-state index contributed by atoms with van der Waals surface area (Å²) in [5.74, 6) is 0.0234. The number of aliphatic hydroxyl groups is 1. The van der Waals surface area contributed by atoms with Crippen molar-refractivity contribution in [2.75, 3.05) is 26.7 Å². The highest BCUT2D eigenvalue weighted by Crippen LogP contribution is 2.21. The molecule has 1 saturated heterocycles. The molecule has 0 radical (unpaired) electrons. The molecule has 1 fully saturated rings. The molecule has 0 saturated carbocycles. The number of aromatic nitrogens is 2. The Morgan fingerprint density at radius 2 is 1.84 bits per heavy atom. The Morgan fingerprint density at radius 3 is 2.55 bits per heavy atom. The van der Waals surface area contributed by atoms with Crippen molar-refractivity contribution in [1.82, 2.24) is 19.2 Å². The number of nitrogens with zero attached hydrogens (tertiary/aromatic N) is 4. The Hall–Kier alpha value is -2.70. The third-order valence-corrected chi connectivity index (χ3v) is 6.07. The summed E-state index contributed by atoms with van der Waals surface area (Å²) in [5.41, 5.74) is 4.22. The lowest BCUT2D eigenvalue weighted by atomic mass is 10.1. The van der Waals surface area contributed by atoms with Crippen molar-refractivity contribution in [3.63, 3.8) is 0 Å². The van der Waals surface area contributed by atoms with Crippen molar-refractivity contribution < 1.29 is 9.90 Å². The van der Waals surface area contributed by atoms with E-state index in [1.165, 1.54) is 12.8 Å². The van der Waals surface area contributed by atoms with E-state index in [0.29, 0.717) is 18.8 Å². The third-order valence-electron chi connectivity index (χ3n) is 6.07. The van der Waals surface area contributed by atoms with Crippen LogP contribution < -0.4 is 0 Å². The highest BCUT2D eigenvalue weighted by Gasteiger charge is 2.25. The van der Waals surface area contributed by atoms with Crippen LogP contribution in [-0.4, -0.2) is 56.9 Å². The molecule has 31 heavy (non-hydrogen) atoms. The molecule has 4 rings (SSSR count). The Labute approximate surface area is 184 Å². The van der Waals surface area contributed by atoms with Crippen LogP contribution in [0.1, 0.15) is 59.1 Å². The Balaban J connectivity index is 1.60. The van der Waals surface area contributed by atoms with Crippen LogP contribution in [0, 0.1) is 6.92 Å². The van der Waals surface area contributed by atoms with Crippen LogP contribution in [0.2, 0.25) is 0 Å². The number of likely N-dealkylation sites (tertiary alicyclic amines) is 1. The molecule has 6 heteroatoms. The van der Waals surface area contributed by atoms with E-state index in [9.17, 15) is 9.90 Å². The summed E-state index contributed by atoms with van der Waals surface area (Å²) in [6.45, 7) is 4.64. The second-order valence-electron chi connectivity index (χ2n) is 8.67. The molecule has 1 aliphatic rings. The zero-order valence-corrected chi connectivity index (χ0v) is 18.5. The van der Waals surface area contributed by atoms with Gasteiger partial charge in [-0.3, -0.25) is 9.69 Å². The molecule has 2 aromatic heterocycles. The van der Waals surface area contributed by atoms with Gasteiger partial charge < -0.3 is 14.4 Å². The highest BCUT2D eigenvalue weighted by molar-refractivity contribution is 5.94. The van der Waals surface area contributed by atoms with E-state index in [4.69, 9.17) is 4.98 Å². The molecular weight excluding hydrogens is 388 g/mol. The van der Waals surface area contributed by atoms with E-state index in [-0.39, 0.29) is 5.91 Å². The summed E-state index contributed by atoms with van der Waals surface area (Å²) in [6.07, 6.45) is 5.88. The molecule has 0 aliphatic carbocycles. The molecule has 1 atom stereocenters. The van der Waals surface area contributed by atoms with Gasteiger partial charge in [0.1, 0.15) is 5.65 Å². The number of imidazole rings is 1. The van der Waals surface area contributed by atoms with E-state index in [1.54, 1.807) is 0 Å². The number of aryl methyl sites for hydroxylation is 1. The van der Waals surface area contributed by atoms with Gasteiger partial charge in [0, 0.05) is 32.4 Å². The van der Waals surface area contributed by atoms with Crippen LogP contribution in [0.5, 0.6) is 0 Å². The van der Waals surface area contributed by atoms with Gasteiger partial charge in [-0.25, -0.2) is 4.98 Å². The predicted octanol–water partition coefficient (Wildman–Crippen LogP) is 3.82. The maximum absolute atomic E-state index is 13.4. The van der Waals surface area contributed by atoms with Crippen LogP contribution in [0.15, 0.2) is 48.7 Å². The zero-order chi connectivity index (χ0) is 21.8. The van der Waals surface area contributed by atoms with E-state index in [2.05, 4.69) is 4.90 Å². The highest BCUT2D eigenvalue weighted by atomic mass is 16.3. The van der Waals surface area contributed by atoms with Crippen LogP contribution in [-0.2, 0) is 6.54 Å². The van der Waals surface area contributed by atoms with E-state index in [1.807, 2.05) is 71.9 Å². The van der Waals surface area contributed by atoms with Gasteiger partial charge in [-0.1, -0.05) is 43.2 Å². The number of aliphatic hydroxyl groups excluding tert-OH is 1. The molecule has 1 N–H and O–H groups in total. The lowest BCUT2D eigenvalue weighted by Gasteiger charge is -2.23. The van der Waals surface area contributed by atoms with Crippen LogP contribution in [0.25, 0.3) is 5.65 Å². The van der Waals surface area contributed by atoms with Crippen LogP contribution in [0.4, 0.5) is 0 Å². The molecule has 0 bridgehead atoms. The largest absolute Gasteiger partial charge is 0.387 e. The van der Waals surface area contributed by atoms with Gasteiger partial charge in [0.05, 0.1) is 11.8 Å². The molecule has 1 amide bonds. The monoisotopic (exact) mass is 420 g/mol. The number of hydrogen-bond acceptors (Lipinski definition) is 4. The van der Waals surface area contributed by atoms with Crippen molar-refractivity contribution >= 4 is 11.6 Å². The lowest BCUT2D eigenvalue weighted by Crippen LogP contribution is -2.33. The first-order chi connectivity index (χ1) is 15.0. The second-order valence-corrected chi connectivity index (χ2v) is 8.67. The fraction of sp³-hybridized carbons (Fsp3) is 0.440. The van der Waals surface area contributed by atoms with Gasteiger partial charge in [-0.05, 0) is 50.1 Å². The van der Waals surface area contributed by atoms with Gasteiger partial charge in [0.2, 0.25) is 0 Å². The van der Waals surface area contributed by atoms with Crippen LogP contribution in [0.3, 0.4) is 0 Å². The van der Waals surface area contributed by atoms with E-state index in [0.717, 1.165) is 48.4 Å². The SMILES string of the molecule is Cc1ccn2c(CN(C)C[C@H](O)c3ccccc3)c(C(=O)N3CCCCCC3)nc2c1. The summed E-state index contributed by atoms with van der Waals surface area (Å²) in [5, 5.41) is 10.6. The number of carbonyl (C=O) groups is 1.